The molecule has 0 bridgehead atoms. The highest BCUT2D eigenvalue weighted by Gasteiger charge is 2.21. The molecule has 0 saturated carbocycles. The number of hydrogen-bond donors (Lipinski definition) is 0. The van der Waals surface area contributed by atoms with Gasteiger partial charge in [-0.2, -0.15) is 0 Å². The quantitative estimate of drug-likeness (QED) is 0.372. The molecule has 0 unspecified atom stereocenters. The van der Waals surface area contributed by atoms with E-state index in [1.54, 1.807) is 0 Å². The molecule has 1 amide bonds. The Kier molecular flexibility index (Phi) is 4.10. The number of nitrogens with zero attached hydrogens (tertiary/aromatic N) is 4. The third kappa shape index (κ3) is 2.76. The first-order valence-electron chi connectivity index (χ1n) is 7.51. The molecule has 0 aliphatic heterocycles. The molecule has 0 aliphatic rings. The first kappa shape index (κ1) is 18.0. The lowest BCUT2D eigenvalue weighted by Gasteiger charge is -2.09. The van der Waals surface area contributed by atoms with Crippen LogP contribution in [-0.2, 0) is 22.9 Å². The fraction of sp³-hybridized carbons (Fsp3) is 0.267. The SMILES string of the molecule is CN(C)C(=O)Cn1c(=O)c2cc3c(=O)n(CO[N+](=O)[O-])c(=O)c3cc2c1=O. The van der Waals surface area contributed by atoms with E-state index in [2.05, 4.69) is 4.84 Å². The molecule has 0 atom stereocenters. The number of amides is 1. The van der Waals surface area contributed by atoms with E-state index in [0.717, 1.165) is 16.7 Å². The van der Waals surface area contributed by atoms with Crippen molar-refractivity contribution in [3.63, 3.8) is 0 Å². The molecule has 12 heteroatoms. The zero-order valence-electron chi connectivity index (χ0n) is 14.1. The Morgan fingerprint density at radius 1 is 0.963 bits per heavy atom. The second-order valence-electron chi connectivity index (χ2n) is 5.95. The molecule has 140 valence electrons. The molecule has 0 radical (unpaired) electrons. The largest absolute Gasteiger partial charge is 0.347 e. The first-order chi connectivity index (χ1) is 12.6. The summed E-state index contributed by atoms with van der Waals surface area (Å²) < 4.78 is 1.22. The predicted molar refractivity (Wildman–Crippen MR) is 91.7 cm³/mol. The Labute approximate surface area is 148 Å². The van der Waals surface area contributed by atoms with Gasteiger partial charge in [-0.1, -0.05) is 0 Å². The summed E-state index contributed by atoms with van der Waals surface area (Å²) in [5.41, 5.74) is -3.31. The van der Waals surface area contributed by atoms with Crippen molar-refractivity contribution in [1.29, 1.82) is 0 Å². The standard InChI is InChI=1S/C15H12N4O8/c1-16(2)11(20)5-17-12(21)7-3-9-10(4-8(7)13(17)22)15(24)18(14(9)23)6-27-19(25)26/h3-4H,5-6H2,1-2H3. The summed E-state index contributed by atoms with van der Waals surface area (Å²) in [6, 6.07) is 2.16. The molecule has 0 saturated heterocycles. The molecule has 12 nitrogen and oxygen atoms in total. The molecular weight excluding hydrogens is 364 g/mol. The van der Waals surface area contributed by atoms with Crippen LogP contribution in [0.1, 0.15) is 0 Å². The summed E-state index contributed by atoms with van der Waals surface area (Å²) in [4.78, 5) is 76.8. The molecule has 0 fully saturated rings. The monoisotopic (exact) mass is 376 g/mol. The van der Waals surface area contributed by atoms with Crippen LogP contribution >= 0.6 is 0 Å². The Balaban J connectivity index is 2.24. The van der Waals surface area contributed by atoms with Gasteiger partial charge >= 0.3 is 0 Å². The Morgan fingerprint density at radius 2 is 1.37 bits per heavy atom. The molecule has 1 aromatic carbocycles. The lowest BCUT2D eigenvalue weighted by molar-refractivity contribution is -0.767. The number of benzene rings is 1. The van der Waals surface area contributed by atoms with Crippen molar-refractivity contribution in [2.75, 3.05) is 14.1 Å². The third-order valence-corrected chi connectivity index (χ3v) is 4.14. The molecule has 0 aliphatic carbocycles. The maximum Gasteiger partial charge on any atom is 0.296 e. The molecule has 3 aromatic rings. The fourth-order valence-electron chi connectivity index (χ4n) is 2.72. The maximum absolute atomic E-state index is 12.5. The van der Waals surface area contributed by atoms with Crippen LogP contribution in [0.15, 0.2) is 31.3 Å². The molecule has 3 rings (SSSR count). The van der Waals surface area contributed by atoms with Crippen LogP contribution in [0.25, 0.3) is 21.5 Å². The van der Waals surface area contributed by atoms with Gasteiger partial charge in [0.1, 0.15) is 6.54 Å². The van der Waals surface area contributed by atoms with E-state index in [9.17, 15) is 34.1 Å². The van der Waals surface area contributed by atoms with E-state index in [4.69, 9.17) is 0 Å². The third-order valence-electron chi connectivity index (χ3n) is 4.14. The Morgan fingerprint density at radius 3 is 1.74 bits per heavy atom. The van der Waals surface area contributed by atoms with Gasteiger partial charge in [-0.15, -0.1) is 10.1 Å². The number of likely N-dealkylation sites (N-methyl/N-ethyl adjacent to an activating group) is 1. The van der Waals surface area contributed by atoms with Crippen LogP contribution in [0.4, 0.5) is 0 Å². The summed E-state index contributed by atoms with van der Waals surface area (Å²) in [6.45, 7) is -1.38. The van der Waals surface area contributed by atoms with Gasteiger partial charge in [-0.3, -0.25) is 33.4 Å². The highest BCUT2D eigenvalue weighted by molar-refractivity contribution is 5.98. The van der Waals surface area contributed by atoms with E-state index in [0.29, 0.717) is 4.57 Å². The molecule has 2 heterocycles. The summed E-state index contributed by atoms with van der Waals surface area (Å²) in [7, 11) is 2.93. The highest BCUT2D eigenvalue weighted by Crippen LogP contribution is 2.14. The smallest absolute Gasteiger partial charge is 0.296 e. The van der Waals surface area contributed by atoms with Gasteiger partial charge in [0.15, 0.2) is 6.73 Å². The lowest BCUT2D eigenvalue weighted by Crippen LogP contribution is -2.34. The second-order valence-corrected chi connectivity index (χ2v) is 5.95. The minimum Gasteiger partial charge on any atom is -0.347 e. The highest BCUT2D eigenvalue weighted by atomic mass is 17.0. The van der Waals surface area contributed by atoms with Crippen LogP contribution in [0, 0.1) is 10.1 Å². The number of carbonyl (C=O) groups excluding carboxylic acids is 1. The van der Waals surface area contributed by atoms with Crippen molar-refractivity contribution in [3.8, 4) is 0 Å². The van der Waals surface area contributed by atoms with Gasteiger partial charge in [-0.25, -0.2) is 4.57 Å². The van der Waals surface area contributed by atoms with E-state index < -0.39 is 46.5 Å². The molecule has 27 heavy (non-hydrogen) atoms. The van der Waals surface area contributed by atoms with Crippen LogP contribution in [0.5, 0.6) is 0 Å². The van der Waals surface area contributed by atoms with Gasteiger partial charge in [0.25, 0.3) is 27.3 Å². The van der Waals surface area contributed by atoms with Gasteiger partial charge in [-0.05, 0) is 12.1 Å². The topological polar surface area (TPSA) is 151 Å². The zero-order chi connectivity index (χ0) is 20.0. The Hall–Kier alpha value is -3.83. The summed E-state index contributed by atoms with van der Waals surface area (Å²) >= 11 is 0. The minimum absolute atomic E-state index is 0.122. The van der Waals surface area contributed by atoms with E-state index in [1.165, 1.54) is 19.0 Å². The zero-order valence-corrected chi connectivity index (χ0v) is 14.1. The van der Waals surface area contributed by atoms with Crippen molar-refractivity contribution >= 4 is 27.5 Å². The lowest BCUT2D eigenvalue weighted by atomic mass is 10.1. The number of aromatic nitrogens is 2. The van der Waals surface area contributed by atoms with Crippen molar-refractivity contribution in [1.82, 2.24) is 14.0 Å². The van der Waals surface area contributed by atoms with Crippen molar-refractivity contribution in [3.05, 3.63) is 63.7 Å². The van der Waals surface area contributed by atoms with Crippen molar-refractivity contribution < 1.29 is 14.7 Å². The van der Waals surface area contributed by atoms with Crippen molar-refractivity contribution in [2.24, 2.45) is 0 Å². The number of carbonyl (C=O) groups is 1. The van der Waals surface area contributed by atoms with E-state index >= 15 is 0 Å². The number of fused-ring (bicyclic) bond motifs is 2. The summed E-state index contributed by atoms with van der Waals surface area (Å²) in [5, 5.41) is 8.53. The molecular formula is C15H12N4O8. The molecule has 2 aromatic heterocycles. The maximum atomic E-state index is 12.5. The normalized spacial score (nSPS) is 11.2. The fourth-order valence-corrected chi connectivity index (χ4v) is 2.72. The number of hydrogen-bond acceptors (Lipinski definition) is 8. The minimum atomic E-state index is -1.16. The second kappa shape index (κ2) is 6.16. The predicted octanol–water partition coefficient (Wildman–Crippen LogP) is -1.83. The van der Waals surface area contributed by atoms with E-state index in [1.807, 2.05) is 0 Å². The Bertz CT molecular complexity index is 1230. The van der Waals surface area contributed by atoms with Crippen LogP contribution in [-0.4, -0.2) is 39.1 Å². The van der Waals surface area contributed by atoms with Crippen LogP contribution in [0.3, 0.4) is 0 Å². The van der Waals surface area contributed by atoms with Crippen LogP contribution < -0.4 is 22.2 Å². The number of rotatable bonds is 5. The average molecular weight is 376 g/mol. The van der Waals surface area contributed by atoms with Gasteiger partial charge in [0.2, 0.25) is 5.91 Å². The van der Waals surface area contributed by atoms with Gasteiger partial charge < -0.3 is 4.90 Å². The van der Waals surface area contributed by atoms with Gasteiger partial charge in [0, 0.05) is 14.1 Å². The van der Waals surface area contributed by atoms with Gasteiger partial charge in [0.05, 0.1) is 21.5 Å². The summed E-state index contributed by atoms with van der Waals surface area (Å²) in [5.74, 6) is -0.479. The molecule has 0 N–H and O–H groups in total. The van der Waals surface area contributed by atoms with Crippen LogP contribution in [0.2, 0.25) is 0 Å². The summed E-state index contributed by atoms with van der Waals surface area (Å²) in [6.07, 6.45) is 0. The van der Waals surface area contributed by atoms with E-state index in [-0.39, 0.29) is 21.5 Å². The first-order valence-corrected chi connectivity index (χ1v) is 7.51. The molecule has 0 spiro atoms. The van der Waals surface area contributed by atoms with Crippen molar-refractivity contribution in [2.45, 2.75) is 13.3 Å². The average Bonchev–Trinajstić information content (AvgIpc) is 2.98.